The molecule has 0 radical (unpaired) electrons. The fraction of sp³-hybridized carbons (Fsp3) is 0.481. The second-order valence-electron chi connectivity index (χ2n) is 9.14. The van der Waals surface area contributed by atoms with Crippen LogP contribution in [-0.4, -0.2) is 68.8 Å². The van der Waals surface area contributed by atoms with Crippen molar-refractivity contribution in [1.82, 2.24) is 14.2 Å². The molecular weight excluding hydrogens is 492 g/mol. The Morgan fingerprint density at radius 3 is 2.28 bits per heavy atom. The normalized spacial score (nSPS) is 12.1. The SMILES string of the molecule is CCCCN(CC)S(=O)(=O)c1ccc(C(=O)N(CCCN(C)C)c2nc3ccc(CC)cc3s2)cc1. The Bertz CT molecular complexity index is 1250. The minimum absolute atomic E-state index is 0.175. The summed E-state index contributed by atoms with van der Waals surface area (Å²) in [5.74, 6) is -0.175. The number of amides is 1. The summed E-state index contributed by atoms with van der Waals surface area (Å²) < 4.78 is 28.7. The number of hydrogen-bond donors (Lipinski definition) is 0. The first-order chi connectivity index (χ1) is 17.2. The van der Waals surface area contributed by atoms with E-state index in [1.165, 1.54) is 21.2 Å². The van der Waals surface area contributed by atoms with E-state index in [1.807, 2.05) is 34.0 Å². The molecule has 0 aliphatic carbocycles. The van der Waals surface area contributed by atoms with Gasteiger partial charge in [0.05, 0.1) is 15.1 Å². The lowest BCUT2D eigenvalue weighted by Crippen LogP contribution is -2.34. The van der Waals surface area contributed by atoms with Crippen LogP contribution < -0.4 is 4.90 Å². The zero-order chi connectivity index (χ0) is 26.3. The molecule has 36 heavy (non-hydrogen) atoms. The van der Waals surface area contributed by atoms with Crippen LogP contribution in [0.4, 0.5) is 5.13 Å². The van der Waals surface area contributed by atoms with Crippen LogP contribution in [0, 0.1) is 0 Å². The Hall–Kier alpha value is -2.33. The number of sulfonamides is 1. The van der Waals surface area contributed by atoms with Crippen molar-refractivity contribution in [3.63, 3.8) is 0 Å². The Kier molecular flexibility index (Phi) is 10.0. The van der Waals surface area contributed by atoms with Crippen LogP contribution in [0.1, 0.15) is 56.0 Å². The highest BCUT2D eigenvalue weighted by molar-refractivity contribution is 7.89. The molecule has 1 aromatic heterocycles. The van der Waals surface area contributed by atoms with Gasteiger partial charge in [-0.3, -0.25) is 9.69 Å². The number of hydrogen-bond acceptors (Lipinski definition) is 6. The van der Waals surface area contributed by atoms with Crippen molar-refractivity contribution in [2.24, 2.45) is 0 Å². The molecule has 1 heterocycles. The molecule has 9 heteroatoms. The van der Waals surface area contributed by atoms with E-state index >= 15 is 0 Å². The Morgan fingerprint density at radius 1 is 0.944 bits per heavy atom. The lowest BCUT2D eigenvalue weighted by molar-refractivity contribution is 0.0986. The van der Waals surface area contributed by atoms with Gasteiger partial charge in [-0.05, 0) is 81.9 Å². The number of anilines is 1. The van der Waals surface area contributed by atoms with Gasteiger partial charge in [0.15, 0.2) is 5.13 Å². The maximum atomic E-state index is 13.6. The first kappa shape index (κ1) is 28.2. The van der Waals surface area contributed by atoms with E-state index in [1.54, 1.807) is 29.2 Å². The highest BCUT2D eigenvalue weighted by Crippen LogP contribution is 2.31. The first-order valence-corrected chi connectivity index (χ1v) is 14.9. The molecule has 7 nitrogen and oxygen atoms in total. The molecule has 2 aromatic carbocycles. The van der Waals surface area contributed by atoms with Gasteiger partial charge in [0.2, 0.25) is 10.0 Å². The minimum atomic E-state index is -3.59. The van der Waals surface area contributed by atoms with Gasteiger partial charge in [-0.15, -0.1) is 0 Å². The molecule has 196 valence electrons. The molecule has 0 unspecified atom stereocenters. The number of aromatic nitrogens is 1. The van der Waals surface area contributed by atoms with Gasteiger partial charge in [0, 0.05) is 25.2 Å². The Morgan fingerprint density at radius 2 is 1.67 bits per heavy atom. The van der Waals surface area contributed by atoms with Crippen molar-refractivity contribution >= 4 is 42.6 Å². The average molecular weight is 531 g/mol. The molecule has 0 bridgehead atoms. The minimum Gasteiger partial charge on any atom is -0.309 e. The van der Waals surface area contributed by atoms with Crippen LogP contribution in [0.5, 0.6) is 0 Å². The van der Waals surface area contributed by atoms with Crippen LogP contribution in [0.2, 0.25) is 0 Å². The number of carbonyl (C=O) groups excluding carboxylic acids is 1. The predicted molar refractivity (Wildman–Crippen MR) is 150 cm³/mol. The number of aryl methyl sites for hydroxylation is 1. The molecule has 0 fully saturated rings. The molecule has 0 spiro atoms. The number of unbranched alkanes of at least 4 members (excludes halogenated alkanes) is 1. The highest BCUT2D eigenvalue weighted by atomic mass is 32.2. The van der Waals surface area contributed by atoms with Gasteiger partial charge in [-0.25, -0.2) is 13.4 Å². The smallest absolute Gasteiger partial charge is 0.260 e. The molecular formula is C27H38N4O3S2. The fourth-order valence-electron chi connectivity index (χ4n) is 3.98. The van der Waals surface area contributed by atoms with Crippen LogP contribution in [-0.2, 0) is 16.4 Å². The Labute approximate surface area is 219 Å². The van der Waals surface area contributed by atoms with Crippen molar-refractivity contribution in [3.05, 3.63) is 53.6 Å². The molecule has 0 aliphatic heterocycles. The van der Waals surface area contributed by atoms with Crippen molar-refractivity contribution in [1.29, 1.82) is 0 Å². The average Bonchev–Trinajstić information content (AvgIpc) is 3.29. The highest BCUT2D eigenvalue weighted by Gasteiger charge is 2.25. The van der Waals surface area contributed by atoms with Gasteiger partial charge in [-0.1, -0.05) is 44.6 Å². The summed E-state index contributed by atoms with van der Waals surface area (Å²) in [7, 11) is 0.425. The molecule has 0 atom stereocenters. The van der Waals surface area contributed by atoms with Crippen molar-refractivity contribution in [3.8, 4) is 0 Å². The molecule has 0 aliphatic rings. The molecule has 0 saturated carbocycles. The van der Waals surface area contributed by atoms with E-state index < -0.39 is 10.0 Å². The number of fused-ring (bicyclic) bond motifs is 1. The van der Waals surface area contributed by atoms with Crippen LogP contribution in [0.15, 0.2) is 47.4 Å². The topological polar surface area (TPSA) is 73.8 Å². The predicted octanol–water partition coefficient (Wildman–Crippen LogP) is 5.27. The van der Waals surface area contributed by atoms with Gasteiger partial charge in [0.1, 0.15) is 0 Å². The van der Waals surface area contributed by atoms with Crippen LogP contribution in [0.25, 0.3) is 10.2 Å². The standard InChI is InChI=1S/C27H38N4O3S2/c1-6-9-18-30(8-3)36(33,34)23-14-12-22(13-15-23)26(32)31(19-10-17-29(4)5)27-28-24-16-11-21(7-2)20-25(24)35-27/h11-16,20H,6-10,17-19H2,1-5H3. The van der Waals surface area contributed by atoms with E-state index in [9.17, 15) is 13.2 Å². The van der Waals surface area contributed by atoms with Gasteiger partial charge in [0.25, 0.3) is 5.91 Å². The summed E-state index contributed by atoms with van der Waals surface area (Å²) in [6.45, 7) is 8.28. The summed E-state index contributed by atoms with van der Waals surface area (Å²) >= 11 is 1.52. The number of carbonyl (C=O) groups is 1. The zero-order valence-corrected chi connectivity index (χ0v) is 23.7. The quantitative estimate of drug-likeness (QED) is 0.301. The third kappa shape index (κ3) is 6.70. The second kappa shape index (κ2) is 12.8. The first-order valence-electron chi connectivity index (χ1n) is 12.7. The molecule has 3 aromatic rings. The largest absolute Gasteiger partial charge is 0.309 e. The van der Waals surface area contributed by atoms with Gasteiger partial charge >= 0.3 is 0 Å². The third-order valence-electron chi connectivity index (χ3n) is 6.17. The molecule has 3 rings (SSSR count). The molecule has 1 amide bonds. The lowest BCUT2D eigenvalue weighted by atomic mass is 10.2. The summed E-state index contributed by atoms with van der Waals surface area (Å²) in [5, 5.41) is 0.662. The van der Waals surface area contributed by atoms with E-state index in [-0.39, 0.29) is 10.8 Å². The van der Waals surface area contributed by atoms with Gasteiger partial charge < -0.3 is 4.90 Å². The Balaban J connectivity index is 1.89. The summed E-state index contributed by atoms with van der Waals surface area (Å²) in [6, 6.07) is 12.5. The maximum absolute atomic E-state index is 13.6. The van der Waals surface area contributed by atoms with Crippen LogP contribution >= 0.6 is 11.3 Å². The second-order valence-corrected chi connectivity index (χ2v) is 12.1. The zero-order valence-electron chi connectivity index (χ0n) is 22.0. The van der Waals surface area contributed by atoms with E-state index in [0.717, 1.165) is 42.4 Å². The number of benzene rings is 2. The van der Waals surface area contributed by atoms with Crippen molar-refractivity contribution < 1.29 is 13.2 Å². The number of thiazole rings is 1. The molecule has 0 N–H and O–H groups in total. The van der Waals surface area contributed by atoms with E-state index in [2.05, 4.69) is 24.0 Å². The summed E-state index contributed by atoms with van der Waals surface area (Å²) in [4.78, 5) is 22.4. The number of rotatable bonds is 13. The van der Waals surface area contributed by atoms with Crippen LogP contribution in [0.3, 0.4) is 0 Å². The van der Waals surface area contributed by atoms with Crippen molar-refractivity contribution in [2.75, 3.05) is 45.2 Å². The monoisotopic (exact) mass is 530 g/mol. The summed E-state index contributed by atoms with van der Waals surface area (Å²) in [5.41, 5.74) is 2.56. The summed E-state index contributed by atoms with van der Waals surface area (Å²) in [6.07, 6.45) is 3.48. The third-order valence-corrected chi connectivity index (χ3v) is 9.20. The lowest BCUT2D eigenvalue weighted by Gasteiger charge is -2.22. The fourth-order valence-corrected chi connectivity index (χ4v) is 6.52. The maximum Gasteiger partial charge on any atom is 0.260 e. The van der Waals surface area contributed by atoms with Gasteiger partial charge in [-0.2, -0.15) is 4.31 Å². The van der Waals surface area contributed by atoms with E-state index in [4.69, 9.17) is 4.98 Å². The number of nitrogens with zero attached hydrogens (tertiary/aromatic N) is 4. The molecule has 0 saturated heterocycles. The van der Waals surface area contributed by atoms with Crippen molar-refractivity contribution in [2.45, 2.75) is 51.3 Å². The van der Waals surface area contributed by atoms with E-state index in [0.29, 0.717) is 30.3 Å².